The minimum Gasteiger partial charge on any atom is -0.349 e. The van der Waals surface area contributed by atoms with Crippen molar-refractivity contribution in [3.05, 3.63) is 46.5 Å². The normalized spacial score (nSPS) is 15.6. The molecule has 134 valence electrons. The second-order valence-electron chi connectivity index (χ2n) is 6.81. The molecule has 1 atom stereocenters. The number of carbonyl (C=O) groups is 1. The molecular weight excluding hydrogens is 332 g/mol. The zero-order valence-electron chi connectivity index (χ0n) is 15.2. The van der Waals surface area contributed by atoms with Gasteiger partial charge in [0.15, 0.2) is 5.13 Å². The Hall–Kier alpha value is -1.92. The first-order valence-corrected chi connectivity index (χ1v) is 9.62. The van der Waals surface area contributed by atoms with E-state index in [1.54, 1.807) is 11.3 Å². The van der Waals surface area contributed by atoms with Crippen LogP contribution < -0.4 is 10.2 Å². The number of nitrogens with zero attached hydrogens (tertiary/aromatic N) is 3. The smallest absolute Gasteiger partial charge is 0.242 e. The number of amides is 1. The van der Waals surface area contributed by atoms with Crippen LogP contribution in [0, 0.1) is 6.92 Å². The van der Waals surface area contributed by atoms with Gasteiger partial charge in [0.2, 0.25) is 5.91 Å². The van der Waals surface area contributed by atoms with E-state index >= 15 is 0 Å². The molecule has 1 aliphatic heterocycles. The third-order valence-corrected chi connectivity index (χ3v) is 5.43. The number of hydrogen-bond acceptors (Lipinski definition) is 5. The van der Waals surface area contributed by atoms with Gasteiger partial charge in [-0.05, 0) is 39.4 Å². The molecule has 1 fully saturated rings. The molecule has 0 bridgehead atoms. The number of hydrogen-bond donors (Lipinski definition) is 1. The highest BCUT2D eigenvalue weighted by atomic mass is 32.1. The van der Waals surface area contributed by atoms with Gasteiger partial charge in [-0.25, -0.2) is 4.98 Å². The summed E-state index contributed by atoms with van der Waals surface area (Å²) in [5, 5.41) is 6.17. The fraction of sp³-hybridized carbons (Fsp3) is 0.474. The maximum absolute atomic E-state index is 12.7. The van der Waals surface area contributed by atoms with Crippen LogP contribution >= 0.6 is 11.3 Å². The first-order valence-electron chi connectivity index (χ1n) is 8.74. The number of benzene rings is 1. The molecular formula is C19H26N4OS. The van der Waals surface area contributed by atoms with Crippen LogP contribution in [-0.2, 0) is 11.3 Å². The lowest BCUT2D eigenvalue weighted by Gasteiger charge is -2.24. The molecule has 1 saturated heterocycles. The molecule has 1 aliphatic rings. The number of carbonyl (C=O) groups excluding carboxylic acids is 1. The van der Waals surface area contributed by atoms with Crippen molar-refractivity contribution in [2.75, 3.05) is 32.1 Å². The average Bonchev–Trinajstić information content (AvgIpc) is 3.24. The maximum Gasteiger partial charge on any atom is 0.242 e. The van der Waals surface area contributed by atoms with Gasteiger partial charge in [-0.15, -0.1) is 11.3 Å². The van der Waals surface area contributed by atoms with Crippen LogP contribution in [0.2, 0.25) is 0 Å². The number of likely N-dealkylation sites (N-methyl/N-ethyl adjacent to an activating group) is 1. The highest BCUT2D eigenvalue weighted by Crippen LogP contribution is 2.24. The van der Waals surface area contributed by atoms with Crippen molar-refractivity contribution in [1.82, 2.24) is 15.2 Å². The molecule has 1 N–H and O–H groups in total. The Morgan fingerprint density at radius 1 is 1.36 bits per heavy atom. The summed E-state index contributed by atoms with van der Waals surface area (Å²) in [6.07, 6.45) is 2.49. The molecule has 0 aliphatic carbocycles. The minimum atomic E-state index is -0.295. The lowest BCUT2D eigenvalue weighted by molar-refractivity contribution is -0.126. The second-order valence-corrected chi connectivity index (χ2v) is 7.65. The highest BCUT2D eigenvalue weighted by Gasteiger charge is 2.23. The summed E-state index contributed by atoms with van der Waals surface area (Å²) in [7, 11) is 3.86. The molecule has 0 unspecified atom stereocenters. The lowest BCUT2D eigenvalue weighted by Crippen LogP contribution is -2.36. The van der Waals surface area contributed by atoms with Crippen molar-refractivity contribution in [2.45, 2.75) is 32.4 Å². The monoisotopic (exact) mass is 358 g/mol. The summed E-state index contributed by atoms with van der Waals surface area (Å²) in [5.41, 5.74) is 3.10. The lowest BCUT2D eigenvalue weighted by atomic mass is 10.0. The summed E-state index contributed by atoms with van der Waals surface area (Å²) in [6.45, 7) is 4.70. The third kappa shape index (κ3) is 4.38. The molecule has 5 nitrogen and oxygen atoms in total. The molecule has 25 heavy (non-hydrogen) atoms. The summed E-state index contributed by atoms with van der Waals surface area (Å²) >= 11 is 1.66. The van der Waals surface area contributed by atoms with E-state index < -0.39 is 0 Å². The van der Waals surface area contributed by atoms with E-state index in [1.165, 1.54) is 12.8 Å². The molecule has 2 heterocycles. The third-order valence-electron chi connectivity index (χ3n) is 4.48. The molecule has 0 radical (unpaired) electrons. The van der Waals surface area contributed by atoms with Crippen molar-refractivity contribution >= 4 is 22.4 Å². The average molecular weight is 359 g/mol. The van der Waals surface area contributed by atoms with Crippen LogP contribution in [0.3, 0.4) is 0 Å². The Balaban J connectivity index is 1.64. The summed E-state index contributed by atoms with van der Waals surface area (Å²) in [4.78, 5) is 21.7. The standard InChI is InChI=1S/C19H26N4OS/c1-14-7-6-8-15(11-14)17(22(2)3)18(24)20-12-16-13-25-19(21-16)23-9-4-5-10-23/h6-8,11,13,17H,4-5,9-10,12H2,1-3H3,(H,20,24)/t17-/m1/s1. The van der Waals surface area contributed by atoms with E-state index in [4.69, 9.17) is 0 Å². The van der Waals surface area contributed by atoms with Crippen molar-refractivity contribution < 1.29 is 4.79 Å². The Morgan fingerprint density at radius 3 is 2.80 bits per heavy atom. The van der Waals surface area contributed by atoms with Gasteiger partial charge in [0.25, 0.3) is 0 Å². The van der Waals surface area contributed by atoms with Gasteiger partial charge in [0, 0.05) is 18.5 Å². The van der Waals surface area contributed by atoms with Crippen LogP contribution in [0.25, 0.3) is 0 Å². The van der Waals surface area contributed by atoms with Gasteiger partial charge in [0.1, 0.15) is 6.04 Å². The van der Waals surface area contributed by atoms with Crippen LogP contribution in [0.1, 0.15) is 35.7 Å². The Kier molecular flexibility index (Phi) is 5.71. The maximum atomic E-state index is 12.7. The zero-order chi connectivity index (χ0) is 17.8. The summed E-state index contributed by atoms with van der Waals surface area (Å²) in [5.74, 6) is 0.00585. The van der Waals surface area contributed by atoms with Gasteiger partial charge in [0.05, 0.1) is 12.2 Å². The highest BCUT2D eigenvalue weighted by molar-refractivity contribution is 7.13. The van der Waals surface area contributed by atoms with Gasteiger partial charge < -0.3 is 10.2 Å². The number of rotatable bonds is 6. The van der Waals surface area contributed by atoms with Crippen LogP contribution in [-0.4, -0.2) is 43.0 Å². The van der Waals surface area contributed by atoms with E-state index in [1.807, 2.05) is 49.5 Å². The largest absolute Gasteiger partial charge is 0.349 e. The molecule has 0 spiro atoms. The predicted molar refractivity (Wildman–Crippen MR) is 103 cm³/mol. The van der Waals surface area contributed by atoms with E-state index in [0.717, 1.165) is 35.0 Å². The number of aryl methyl sites for hydroxylation is 1. The van der Waals surface area contributed by atoms with Crippen molar-refractivity contribution in [3.63, 3.8) is 0 Å². The van der Waals surface area contributed by atoms with Crippen LogP contribution in [0.4, 0.5) is 5.13 Å². The molecule has 3 rings (SSSR count). The minimum absolute atomic E-state index is 0.00585. The SMILES string of the molecule is Cc1cccc([C@H](C(=O)NCc2csc(N3CCCC3)n2)N(C)C)c1. The van der Waals surface area contributed by atoms with Gasteiger partial charge in [-0.1, -0.05) is 29.8 Å². The van der Waals surface area contributed by atoms with Crippen molar-refractivity contribution in [1.29, 1.82) is 0 Å². The van der Waals surface area contributed by atoms with E-state index in [9.17, 15) is 4.79 Å². The van der Waals surface area contributed by atoms with E-state index in [2.05, 4.69) is 21.3 Å². The fourth-order valence-electron chi connectivity index (χ4n) is 3.23. The van der Waals surface area contributed by atoms with Gasteiger partial charge in [-0.2, -0.15) is 0 Å². The number of nitrogens with one attached hydrogen (secondary N) is 1. The van der Waals surface area contributed by atoms with Crippen LogP contribution in [0.15, 0.2) is 29.6 Å². The second kappa shape index (κ2) is 7.97. The zero-order valence-corrected chi connectivity index (χ0v) is 16.0. The number of thiazole rings is 1. The Labute approximate surface area is 153 Å². The first-order chi connectivity index (χ1) is 12.0. The summed E-state index contributed by atoms with van der Waals surface area (Å²) < 4.78 is 0. The van der Waals surface area contributed by atoms with Crippen molar-refractivity contribution in [3.8, 4) is 0 Å². The molecule has 1 aromatic heterocycles. The van der Waals surface area contributed by atoms with Gasteiger partial charge in [-0.3, -0.25) is 9.69 Å². The van der Waals surface area contributed by atoms with Crippen LogP contribution in [0.5, 0.6) is 0 Å². The first kappa shape index (κ1) is 17.9. The Morgan fingerprint density at radius 2 is 2.12 bits per heavy atom. The molecule has 1 amide bonds. The van der Waals surface area contributed by atoms with E-state index in [-0.39, 0.29) is 11.9 Å². The molecule has 1 aromatic carbocycles. The van der Waals surface area contributed by atoms with Crippen molar-refractivity contribution in [2.24, 2.45) is 0 Å². The topological polar surface area (TPSA) is 48.5 Å². The predicted octanol–water partition coefficient (Wildman–Crippen LogP) is 2.97. The number of aromatic nitrogens is 1. The molecule has 6 heteroatoms. The van der Waals surface area contributed by atoms with E-state index in [0.29, 0.717) is 6.54 Å². The molecule has 0 saturated carbocycles. The van der Waals surface area contributed by atoms with Gasteiger partial charge >= 0.3 is 0 Å². The summed E-state index contributed by atoms with van der Waals surface area (Å²) in [6, 6.07) is 7.82. The molecule has 2 aromatic rings. The number of anilines is 1. The Bertz CT molecular complexity index is 722. The quantitative estimate of drug-likeness (QED) is 0.862. The fourth-order valence-corrected chi connectivity index (χ4v) is 4.11.